The Morgan fingerprint density at radius 2 is 1.79 bits per heavy atom. The molecule has 1 aliphatic heterocycles. The van der Waals surface area contributed by atoms with E-state index in [0.29, 0.717) is 21.7 Å². The fraction of sp³-hybridized carbons (Fsp3) is 0.118. The first kappa shape index (κ1) is 17.2. The third-order valence-corrected chi connectivity index (χ3v) is 5.62. The fourth-order valence-corrected chi connectivity index (χ4v) is 3.90. The highest BCUT2D eigenvalue weighted by molar-refractivity contribution is 9.10. The van der Waals surface area contributed by atoms with Crippen LogP contribution in [0.25, 0.3) is 11.1 Å². The molecule has 0 saturated carbocycles. The zero-order valence-electron chi connectivity index (χ0n) is 12.5. The standard InChI is InChI=1S/C17H12BrClO4S/c1-24(21,22)12-5-2-10(3-6-12)14-9-23-17(20)16(14)13-7-4-11(18)8-15(13)19/h2-8H,9H2,1H3. The molecule has 124 valence electrons. The number of benzene rings is 2. The van der Waals surface area contributed by atoms with Gasteiger partial charge in [-0.1, -0.05) is 45.7 Å². The second-order valence-electron chi connectivity index (χ2n) is 5.35. The minimum Gasteiger partial charge on any atom is -0.457 e. The van der Waals surface area contributed by atoms with Gasteiger partial charge in [-0.15, -0.1) is 0 Å². The van der Waals surface area contributed by atoms with E-state index in [-0.39, 0.29) is 11.5 Å². The van der Waals surface area contributed by atoms with Gasteiger partial charge in [0.15, 0.2) is 9.84 Å². The Kier molecular flexibility index (Phi) is 4.55. The lowest BCUT2D eigenvalue weighted by Gasteiger charge is -2.07. The largest absolute Gasteiger partial charge is 0.457 e. The van der Waals surface area contributed by atoms with Gasteiger partial charge in [-0.05, 0) is 29.8 Å². The molecule has 0 saturated heterocycles. The number of sulfone groups is 1. The first-order valence-electron chi connectivity index (χ1n) is 6.93. The van der Waals surface area contributed by atoms with Crippen LogP contribution >= 0.6 is 27.5 Å². The summed E-state index contributed by atoms with van der Waals surface area (Å²) in [6.07, 6.45) is 1.15. The van der Waals surface area contributed by atoms with E-state index in [1.807, 2.05) is 0 Å². The van der Waals surface area contributed by atoms with Gasteiger partial charge in [0.05, 0.1) is 10.5 Å². The summed E-state index contributed by atoms with van der Waals surface area (Å²) in [5.74, 6) is -0.443. The van der Waals surface area contributed by atoms with Crippen molar-refractivity contribution < 1.29 is 17.9 Å². The van der Waals surface area contributed by atoms with Crippen LogP contribution in [0, 0.1) is 0 Å². The highest BCUT2D eigenvalue weighted by atomic mass is 79.9. The van der Waals surface area contributed by atoms with Crippen molar-refractivity contribution in [1.29, 1.82) is 0 Å². The lowest BCUT2D eigenvalue weighted by atomic mass is 9.97. The quantitative estimate of drug-likeness (QED) is 0.695. The molecule has 24 heavy (non-hydrogen) atoms. The molecule has 0 bridgehead atoms. The number of ether oxygens (including phenoxy) is 1. The predicted molar refractivity (Wildman–Crippen MR) is 96.5 cm³/mol. The number of hydrogen-bond acceptors (Lipinski definition) is 4. The zero-order chi connectivity index (χ0) is 17.5. The van der Waals surface area contributed by atoms with Crippen LogP contribution in [-0.2, 0) is 19.4 Å². The molecule has 1 aliphatic rings. The van der Waals surface area contributed by atoms with Crippen LogP contribution < -0.4 is 0 Å². The van der Waals surface area contributed by atoms with Crippen molar-refractivity contribution in [2.45, 2.75) is 4.90 Å². The maximum atomic E-state index is 12.2. The molecule has 1 heterocycles. The molecular formula is C17H12BrClO4S. The molecule has 0 spiro atoms. The van der Waals surface area contributed by atoms with Gasteiger partial charge in [0.25, 0.3) is 0 Å². The van der Waals surface area contributed by atoms with Crippen LogP contribution in [0.4, 0.5) is 0 Å². The maximum Gasteiger partial charge on any atom is 0.339 e. The lowest BCUT2D eigenvalue weighted by Crippen LogP contribution is -1.99. The van der Waals surface area contributed by atoms with Gasteiger partial charge < -0.3 is 4.74 Å². The monoisotopic (exact) mass is 426 g/mol. The van der Waals surface area contributed by atoms with E-state index in [0.717, 1.165) is 16.3 Å². The van der Waals surface area contributed by atoms with E-state index < -0.39 is 15.8 Å². The lowest BCUT2D eigenvalue weighted by molar-refractivity contribution is -0.133. The number of halogens is 2. The summed E-state index contributed by atoms with van der Waals surface area (Å²) in [6, 6.07) is 11.6. The number of cyclic esters (lactones) is 1. The van der Waals surface area contributed by atoms with Crippen LogP contribution in [0.3, 0.4) is 0 Å². The molecule has 0 fully saturated rings. The minimum absolute atomic E-state index is 0.124. The van der Waals surface area contributed by atoms with Crippen molar-refractivity contribution >= 4 is 54.5 Å². The van der Waals surface area contributed by atoms with E-state index in [1.165, 1.54) is 12.1 Å². The summed E-state index contributed by atoms with van der Waals surface area (Å²) >= 11 is 9.59. The summed E-state index contributed by atoms with van der Waals surface area (Å²) in [6.45, 7) is 0.124. The van der Waals surface area contributed by atoms with Crippen LogP contribution in [0.15, 0.2) is 51.8 Å². The maximum absolute atomic E-state index is 12.2. The number of carbonyl (C=O) groups excluding carboxylic acids is 1. The molecule has 0 N–H and O–H groups in total. The molecule has 0 amide bonds. The van der Waals surface area contributed by atoms with E-state index in [2.05, 4.69) is 15.9 Å². The van der Waals surface area contributed by atoms with Crippen molar-refractivity contribution in [3.05, 3.63) is 63.1 Å². The number of carbonyl (C=O) groups is 1. The average Bonchev–Trinajstić information content (AvgIpc) is 2.88. The smallest absolute Gasteiger partial charge is 0.339 e. The van der Waals surface area contributed by atoms with Gasteiger partial charge in [0.2, 0.25) is 0 Å². The molecule has 4 nitrogen and oxygen atoms in total. The van der Waals surface area contributed by atoms with Gasteiger partial charge in [-0.2, -0.15) is 0 Å². The number of rotatable bonds is 3. The van der Waals surface area contributed by atoms with Crippen molar-refractivity contribution in [3.8, 4) is 0 Å². The molecule has 0 aromatic heterocycles. The molecular weight excluding hydrogens is 416 g/mol. The van der Waals surface area contributed by atoms with E-state index >= 15 is 0 Å². The summed E-state index contributed by atoms with van der Waals surface area (Å²) in [5.41, 5.74) is 2.40. The van der Waals surface area contributed by atoms with Crippen molar-refractivity contribution in [2.24, 2.45) is 0 Å². The van der Waals surface area contributed by atoms with Crippen molar-refractivity contribution in [3.63, 3.8) is 0 Å². The normalized spacial score (nSPS) is 14.9. The Labute approximate surface area is 153 Å². The second kappa shape index (κ2) is 6.35. The van der Waals surface area contributed by atoms with Gasteiger partial charge in [-0.3, -0.25) is 0 Å². The molecule has 0 atom stereocenters. The zero-order valence-corrected chi connectivity index (χ0v) is 15.7. The highest BCUT2D eigenvalue weighted by Crippen LogP contribution is 2.37. The van der Waals surface area contributed by atoms with Crippen LogP contribution in [0.2, 0.25) is 5.02 Å². The van der Waals surface area contributed by atoms with Gasteiger partial charge >= 0.3 is 5.97 Å². The molecule has 2 aromatic carbocycles. The Balaban J connectivity index is 2.13. The summed E-state index contributed by atoms with van der Waals surface area (Å²) < 4.78 is 29.1. The molecule has 7 heteroatoms. The predicted octanol–water partition coefficient (Wildman–Crippen LogP) is 3.97. The Hall–Kier alpha value is -1.63. The van der Waals surface area contributed by atoms with Gasteiger partial charge in [-0.25, -0.2) is 13.2 Å². The van der Waals surface area contributed by atoms with E-state index in [4.69, 9.17) is 16.3 Å². The van der Waals surface area contributed by atoms with Gasteiger partial charge in [0.1, 0.15) is 6.61 Å². The molecule has 2 aromatic rings. The minimum atomic E-state index is -3.27. The van der Waals surface area contributed by atoms with E-state index in [1.54, 1.807) is 30.3 Å². The fourth-order valence-electron chi connectivity index (χ4n) is 2.50. The van der Waals surface area contributed by atoms with Crippen LogP contribution in [0.5, 0.6) is 0 Å². The van der Waals surface area contributed by atoms with Crippen molar-refractivity contribution in [1.82, 2.24) is 0 Å². The first-order valence-corrected chi connectivity index (χ1v) is 10.00. The van der Waals surface area contributed by atoms with Crippen LogP contribution in [0.1, 0.15) is 11.1 Å². The Morgan fingerprint density at radius 1 is 1.12 bits per heavy atom. The summed E-state index contributed by atoms with van der Waals surface area (Å²) in [5, 5.41) is 0.434. The Morgan fingerprint density at radius 3 is 2.38 bits per heavy atom. The van der Waals surface area contributed by atoms with Crippen LogP contribution in [-0.4, -0.2) is 27.2 Å². The summed E-state index contributed by atoms with van der Waals surface area (Å²) in [7, 11) is -3.27. The number of hydrogen-bond donors (Lipinski definition) is 0. The third-order valence-electron chi connectivity index (χ3n) is 3.68. The molecule has 0 radical (unpaired) electrons. The first-order chi connectivity index (χ1) is 11.3. The molecule has 0 aliphatic carbocycles. The molecule has 0 unspecified atom stereocenters. The average molecular weight is 428 g/mol. The SMILES string of the molecule is CS(=O)(=O)c1ccc(C2=C(c3ccc(Br)cc3Cl)C(=O)OC2)cc1. The van der Waals surface area contributed by atoms with E-state index in [9.17, 15) is 13.2 Å². The molecule has 3 rings (SSSR count). The van der Waals surface area contributed by atoms with Crippen molar-refractivity contribution in [2.75, 3.05) is 12.9 Å². The Bertz CT molecular complexity index is 963. The number of esters is 1. The third kappa shape index (κ3) is 3.27. The second-order valence-corrected chi connectivity index (χ2v) is 8.69. The summed E-state index contributed by atoms with van der Waals surface area (Å²) in [4.78, 5) is 12.4. The topological polar surface area (TPSA) is 60.4 Å². The highest BCUT2D eigenvalue weighted by Gasteiger charge is 2.28. The van der Waals surface area contributed by atoms with Gasteiger partial charge in [0, 0.05) is 26.9 Å².